The summed E-state index contributed by atoms with van der Waals surface area (Å²) in [6, 6.07) is 1.95. The highest BCUT2D eigenvalue weighted by atomic mass is 35.5. The van der Waals surface area contributed by atoms with Crippen LogP contribution in [0, 0.1) is 12.8 Å². The van der Waals surface area contributed by atoms with E-state index in [0.29, 0.717) is 11.1 Å². The number of nitrogens with two attached hydrogens (primary N) is 1. The number of aromatic carboxylic acids is 1. The molecule has 1 aliphatic carbocycles. The molecule has 0 amide bonds. The van der Waals surface area contributed by atoms with Crippen LogP contribution in [-0.4, -0.2) is 28.7 Å². The molecule has 1 aromatic heterocycles. The molecule has 0 spiro atoms. The fraction of sp³-hybridized carbons (Fsp3) is 0.500. The van der Waals surface area contributed by atoms with Crippen molar-refractivity contribution in [1.29, 1.82) is 0 Å². The first-order chi connectivity index (χ1) is 12.4. The van der Waals surface area contributed by atoms with E-state index < -0.39 is 11.4 Å². The van der Waals surface area contributed by atoms with Crippen molar-refractivity contribution in [3.8, 4) is 0 Å². The summed E-state index contributed by atoms with van der Waals surface area (Å²) in [4.78, 5) is 26.6. The summed E-state index contributed by atoms with van der Waals surface area (Å²) in [7, 11) is 0. The molecule has 1 aromatic carbocycles. The van der Waals surface area contributed by atoms with Gasteiger partial charge in [-0.25, -0.2) is 4.79 Å². The number of nitrogens with zero attached hydrogens (tertiary/aromatic N) is 2. The minimum atomic E-state index is -1.18. The number of hydrogen-bond donors (Lipinski definition) is 2. The van der Waals surface area contributed by atoms with Crippen LogP contribution < -0.4 is 16.1 Å². The summed E-state index contributed by atoms with van der Waals surface area (Å²) in [5.41, 5.74) is 9.11. The van der Waals surface area contributed by atoms with E-state index in [0.717, 1.165) is 61.5 Å². The standard InChI is InChI=1S/C20H25N3O3.ClH/c1-11-5-7-22(8-6-11)18-12(2)17-14(9-16(18)21)19(24)15(20(25)26)10-23(17)13-3-4-13;/h9-11,13H,3-8,21H2,1-2H3,(H,25,26);1H. The molecule has 4 rings (SSSR count). The fourth-order valence-electron chi connectivity index (χ4n) is 4.18. The van der Waals surface area contributed by atoms with Crippen LogP contribution in [0.1, 0.15) is 54.6 Å². The minimum absolute atomic E-state index is 0. The zero-order chi connectivity index (χ0) is 18.6. The molecule has 3 N–H and O–H groups in total. The minimum Gasteiger partial charge on any atom is -0.477 e. The number of aryl methyl sites for hydroxylation is 1. The van der Waals surface area contributed by atoms with Gasteiger partial charge in [0.05, 0.1) is 16.9 Å². The van der Waals surface area contributed by atoms with Gasteiger partial charge in [-0.05, 0) is 50.2 Å². The van der Waals surface area contributed by atoms with Crippen molar-refractivity contribution in [3.63, 3.8) is 0 Å². The molecule has 6 nitrogen and oxygen atoms in total. The lowest BCUT2D eigenvalue weighted by molar-refractivity contribution is 0.0695. The van der Waals surface area contributed by atoms with Crippen LogP contribution in [0.5, 0.6) is 0 Å². The zero-order valence-electron chi connectivity index (χ0n) is 15.7. The third kappa shape index (κ3) is 3.27. The molecule has 2 fully saturated rings. The van der Waals surface area contributed by atoms with Crippen LogP contribution in [0.25, 0.3) is 10.9 Å². The molecule has 1 saturated carbocycles. The van der Waals surface area contributed by atoms with Gasteiger partial charge in [0, 0.05) is 30.7 Å². The Morgan fingerprint density at radius 3 is 2.41 bits per heavy atom. The molecule has 1 aliphatic heterocycles. The highest BCUT2D eigenvalue weighted by Gasteiger charge is 2.29. The van der Waals surface area contributed by atoms with Gasteiger partial charge in [0.1, 0.15) is 5.56 Å². The van der Waals surface area contributed by atoms with E-state index in [9.17, 15) is 14.7 Å². The molecule has 2 aliphatic rings. The van der Waals surface area contributed by atoms with Crippen molar-refractivity contribution in [2.24, 2.45) is 5.92 Å². The lowest BCUT2D eigenvalue weighted by atomic mass is 9.96. The molecule has 0 atom stereocenters. The molecule has 2 heterocycles. The van der Waals surface area contributed by atoms with Crippen molar-refractivity contribution in [1.82, 2.24) is 4.57 Å². The number of benzene rings is 1. The lowest BCUT2D eigenvalue weighted by Gasteiger charge is -2.34. The molecule has 146 valence electrons. The number of nitrogen functional groups attached to an aromatic ring is 1. The number of piperidine rings is 1. The third-order valence-corrected chi connectivity index (χ3v) is 5.82. The Hall–Kier alpha value is -2.21. The Kier molecular flexibility index (Phi) is 5.12. The number of pyridine rings is 1. The number of halogens is 1. The van der Waals surface area contributed by atoms with Gasteiger partial charge in [-0.1, -0.05) is 6.92 Å². The van der Waals surface area contributed by atoms with Crippen LogP contribution in [0.2, 0.25) is 0 Å². The van der Waals surface area contributed by atoms with E-state index in [4.69, 9.17) is 5.73 Å². The first kappa shape index (κ1) is 19.5. The van der Waals surface area contributed by atoms with Crippen molar-refractivity contribution in [3.05, 3.63) is 33.6 Å². The van der Waals surface area contributed by atoms with E-state index in [1.54, 1.807) is 6.07 Å². The molecule has 2 aromatic rings. The molecule has 0 radical (unpaired) electrons. The summed E-state index contributed by atoms with van der Waals surface area (Å²) in [6.07, 6.45) is 5.80. The Morgan fingerprint density at radius 2 is 1.85 bits per heavy atom. The predicted octanol–water partition coefficient (Wildman–Crippen LogP) is 3.58. The molecular weight excluding hydrogens is 366 g/mol. The maximum absolute atomic E-state index is 12.7. The number of aromatic nitrogens is 1. The third-order valence-electron chi connectivity index (χ3n) is 5.82. The fourth-order valence-corrected chi connectivity index (χ4v) is 4.18. The quantitative estimate of drug-likeness (QED) is 0.780. The highest BCUT2D eigenvalue weighted by molar-refractivity contribution is 5.98. The van der Waals surface area contributed by atoms with E-state index in [-0.39, 0.29) is 24.0 Å². The second-order valence-corrected chi connectivity index (χ2v) is 7.82. The maximum Gasteiger partial charge on any atom is 0.341 e. The molecule has 0 unspecified atom stereocenters. The smallest absolute Gasteiger partial charge is 0.341 e. The Bertz CT molecular complexity index is 957. The number of hydrogen-bond acceptors (Lipinski definition) is 4. The van der Waals surface area contributed by atoms with Crippen LogP contribution in [0.4, 0.5) is 11.4 Å². The maximum atomic E-state index is 12.7. The summed E-state index contributed by atoms with van der Waals surface area (Å²) in [5.74, 6) is -0.465. The SMILES string of the molecule is Cc1c(N2CCC(C)CC2)c(N)cc2c(=O)c(C(=O)O)cn(C3CC3)c12.Cl. The largest absolute Gasteiger partial charge is 0.477 e. The molecule has 7 heteroatoms. The van der Waals surface area contributed by atoms with Crippen molar-refractivity contribution < 1.29 is 9.90 Å². The highest BCUT2D eigenvalue weighted by Crippen LogP contribution is 2.41. The van der Waals surface area contributed by atoms with Gasteiger partial charge in [-0.15, -0.1) is 12.4 Å². The molecule has 0 bridgehead atoms. The van der Waals surface area contributed by atoms with Gasteiger partial charge < -0.3 is 20.3 Å². The van der Waals surface area contributed by atoms with Gasteiger partial charge in [-0.3, -0.25) is 4.79 Å². The van der Waals surface area contributed by atoms with Gasteiger partial charge >= 0.3 is 5.97 Å². The summed E-state index contributed by atoms with van der Waals surface area (Å²) in [5, 5.41) is 9.84. The average Bonchev–Trinajstić information content (AvgIpc) is 3.42. The Labute approximate surface area is 164 Å². The lowest BCUT2D eigenvalue weighted by Crippen LogP contribution is -2.34. The van der Waals surface area contributed by atoms with E-state index in [1.807, 2.05) is 11.5 Å². The van der Waals surface area contributed by atoms with E-state index >= 15 is 0 Å². The van der Waals surface area contributed by atoms with Crippen molar-refractivity contribution in [2.45, 2.75) is 45.6 Å². The molecular formula is C20H26ClN3O3. The van der Waals surface area contributed by atoms with E-state index in [2.05, 4.69) is 11.8 Å². The van der Waals surface area contributed by atoms with E-state index in [1.165, 1.54) is 6.20 Å². The number of carbonyl (C=O) groups is 1. The van der Waals surface area contributed by atoms with Crippen molar-refractivity contribution in [2.75, 3.05) is 23.7 Å². The average molecular weight is 392 g/mol. The second kappa shape index (κ2) is 7.08. The molecule has 1 saturated heterocycles. The topological polar surface area (TPSA) is 88.6 Å². The first-order valence-electron chi connectivity index (χ1n) is 9.34. The van der Waals surface area contributed by atoms with Crippen LogP contribution in [0.15, 0.2) is 17.1 Å². The van der Waals surface area contributed by atoms with Gasteiger partial charge in [0.25, 0.3) is 0 Å². The van der Waals surface area contributed by atoms with Gasteiger partial charge in [0.2, 0.25) is 5.43 Å². The van der Waals surface area contributed by atoms with Gasteiger partial charge in [-0.2, -0.15) is 0 Å². The van der Waals surface area contributed by atoms with Gasteiger partial charge in [0.15, 0.2) is 0 Å². The number of carboxylic acid groups (broad SMARTS) is 1. The summed E-state index contributed by atoms with van der Waals surface area (Å²) < 4.78 is 1.99. The number of rotatable bonds is 3. The number of fused-ring (bicyclic) bond motifs is 1. The predicted molar refractivity (Wildman–Crippen MR) is 110 cm³/mol. The zero-order valence-corrected chi connectivity index (χ0v) is 16.5. The second-order valence-electron chi connectivity index (χ2n) is 7.82. The summed E-state index contributed by atoms with van der Waals surface area (Å²) >= 11 is 0. The normalized spacial score (nSPS) is 17.8. The first-order valence-corrected chi connectivity index (χ1v) is 9.34. The number of carboxylic acids is 1. The van der Waals surface area contributed by atoms with Crippen LogP contribution >= 0.6 is 12.4 Å². The summed E-state index contributed by atoms with van der Waals surface area (Å²) in [6.45, 7) is 6.19. The Balaban J connectivity index is 0.00000210. The Morgan fingerprint density at radius 1 is 1.22 bits per heavy atom. The molecule has 27 heavy (non-hydrogen) atoms. The van der Waals surface area contributed by atoms with Crippen LogP contribution in [0.3, 0.4) is 0 Å². The monoisotopic (exact) mass is 391 g/mol. The van der Waals surface area contributed by atoms with Crippen LogP contribution in [-0.2, 0) is 0 Å². The number of anilines is 2. The van der Waals surface area contributed by atoms with Crippen molar-refractivity contribution >= 4 is 40.7 Å².